The van der Waals surface area contributed by atoms with Crippen LogP contribution in [0.3, 0.4) is 0 Å². The Morgan fingerprint density at radius 1 is 0.882 bits per heavy atom. The molecular weight excluding hydrogens is 206 g/mol. The van der Waals surface area contributed by atoms with Gasteiger partial charge in [0, 0.05) is 12.0 Å². The number of rotatable bonds is 1. The SMILES string of the molecule is NC1CC1c1ccc2c(c1)CCCCCCC2. The van der Waals surface area contributed by atoms with Crippen LogP contribution in [0.15, 0.2) is 18.2 Å². The molecule has 2 aliphatic carbocycles. The summed E-state index contributed by atoms with van der Waals surface area (Å²) >= 11 is 0. The van der Waals surface area contributed by atoms with Gasteiger partial charge in [-0.3, -0.25) is 0 Å². The minimum Gasteiger partial charge on any atom is -0.327 e. The van der Waals surface area contributed by atoms with E-state index in [1.54, 1.807) is 11.1 Å². The minimum atomic E-state index is 0.435. The number of hydrogen-bond acceptors (Lipinski definition) is 1. The van der Waals surface area contributed by atoms with Crippen LogP contribution in [-0.4, -0.2) is 6.04 Å². The van der Waals surface area contributed by atoms with Crippen molar-refractivity contribution in [3.8, 4) is 0 Å². The van der Waals surface area contributed by atoms with Gasteiger partial charge in [0.1, 0.15) is 0 Å². The third-order valence-corrected chi connectivity index (χ3v) is 4.39. The summed E-state index contributed by atoms with van der Waals surface area (Å²) in [5, 5.41) is 0. The van der Waals surface area contributed by atoms with Crippen LogP contribution >= 0.6 is 0 Å². The monoisotopic (exact) mass is 229 g/mol. The second-order valence-electron chi connectivity index (χ2n) is 5.80. The fourth-order valence-corrected chi connectivity index (χ4v) is 3.11. The highest BCUT2D eigenvalue weighted by Crippen LogP contribution is 2.39. The second kappa shape index (κ2) is 4.81. The minimum absolute atomic E-state index is 0.435. The van der Waals surface area contributed by atoms with Crippen LogP contribution in [0, 0.1) is 0 Å². The number of aryl methyl sites for hydroxylation is 2. The molecule has 2 unspecified atom stereocenters. The van der Waals surface area contributed by atoms with Crippen LogP contribution in [0.2, 0.25) is 0 Å². The van der Waals surface area contributed by atoms with Crippen molar-refractivity contribution >= 4 is 0 Å². The van der Waals surface area contributed by atoms with Crippen molar-refractivity contribution in [2.75, 3.05) is 0 Å². The van der Waals surface area contributed by atoms with Crippen LogP contribution < -0.4 is 5.73 Å². The number of benzene rings is 1. The molecule has 0 radical (unpaired) electrons. The third kappa shape index (κ3) is 2.55. The molecule has 0 aliphatic heterocycles. The molecule has 1 aromatic carbocycles. The van der Waals surface area contributed by atoms with Crippen molar-refractivity contribution in [3.05, 3.63) is 34.9 Å². The lowest BCUT2D eigenvalue weighted by molar-refractivity contribution is 0.629. The summed E-state index contributed by atoms with van der Waals surface area (Å²) in [6, 6.07) is 7.59. The molecule has 2 aliphatic rings. The van der Waals surface area contributed by atoms with Crippen molar-refractivity contribution < 1.29 is 0 Å². The fourth-order valence-electron chi connectivity index (χ4n) is 3.11. The van der Waals surface area contributed by atoms with Gasteiger partial charge in [-0.15, -0.1) is 0 Å². The van der Waals surface area contributed by atoms with Crippen molar-refractivity contribution in [2.24, 2.45) is 5.73 Å². The Bertz CT molecular complexity index is 397. The molecule has 2 N–H and O–H groups in total. The second-order valence-corrected chi connectivity index (χ2v) is 5.80. The molecule has 2 atom stereocenters. The van der Waals surface area contributed by atoms with Gasteiger partial charge in [0.15, 0.2) is 0 Å². The quantitative estimate of drug-likeness (QED) is 0.783. The van der Waals surface area contributed by atoms with Crippen molar-refractivity contribution in [3.63, 3.8) is 0 Å². The Kier molecular flexibility index (Phi) is 3.19. The zero-order chi connectivity index (χ0) is 11.7. The molecule has 0 amide bonds. The molecular formula is C16H23N. The fraction of sp³-hybridized carbons (Fsp3) is 0.625. The van der Waals surface area contributed by atoms with Gasteiger partial charge in [0.05, 0.1) is 0 Å². The molecule has 1 heteroatoms. The van der Waals surface area contributed by atoms with Gasteiger partial charge in [-0.05, 0) is 48.8 Å². The highest BCUT2D eigenvalue weighted by molar-refractivity contribution is 5.37. The largest absolute Gasteiger partial charge is 0.327 e. The van der Waals surface area contributed by atoms with E-state index in [1.165, 1.54) is 56.9 Å². The Balaban J connectivity index is 1.83. The summed E-state index contributed by atoms with van der Waals surface area (Å²) in [5.41, 5.74) is 10.7. The van der Waals surface area contributed by atoms with Gasteiger partial charge in [0.25, 0.3) is 0 Å². The summed E-state index contributed by atoms with van der Waals surface area (Å²) in [6.07, 6.45) is 10.7. The van der Waals surface area contributed by atoms with E-state index in [0.717, 1.165) is 0 Å². The molecule has 0 bridgehead atoms. The summed E-state index contributed by atoms with van der Waals surface area (Å²) < 4.78 is 0. The van der Waals surface area contributed by atoms with E-state index in [0.29, 0.717) is 12.0 Å². The molecule has 92 valence electrons. The average Bonchev–Trinajstić information content (AvgIpc) is 3.03. The van der Waals surface area contributed by atoms with Crippen LogP contribution in [0.5, 0.6) is 0 Å². The molecule has 17 heavy (non-hydrogen) atoms. The van der Waals surface area contributed by atoms with E-state index in [-0.39, 0.29) is 0 Å². The van der Waals surface area contributed by atoms with Gasteiger partial charge < -0.3 is 5.73 Å². The van der Waals surface area contributed by atoms with E-state index in [9.17, 15) is 0 Å². The molecule has 1 nitrogen and oxygen atoms in total. The molecule has 1 aromatic rings. The average molecular weight is 229 g/mol. The summed E-state index contributed by atoms with van der Waals surface area (Å²) in [4.78, 5) is 0. The van der Waals surface area contributed by atoms with Crippen molar-refractivity contribution in [1.82, 2.24) is 0 Å². The number of fused-ring (bicyclic) bond motifs is 1. The van der Waals surface area contributed by atoms with E-state index in [2.05, 4.69) is 18.2 Å². The molecule has 3 rings (SSSR count). The molecule has 0 aromatic heterocycles. The van der Waals surface area contributed by atoms with Gasteiger partial charge >= 0.3 is 0 Å². The highest BCUT2D eigenvalue weighted by Gasteiger charge is 2.34. The Hall–Kier alpha value is -0.820. The predicted molar refractivity (Wildman–Crippen MR) is 72.3 cm³/mol. The van der Waals surface area contributed by atoms with Gasteiger partial charge in [-0.25, -0.2) is 0 Å². The molecule has 0 saturated heterocycles. The maximum Gasteiger partial charge on any atom is 0.0115 e. The maximum atomic E-state index is 5.96. The van der Waals surface area contributed by atoms with E-state index in [4.69, 9.17) is 5.73 Å². The molecule has 1 saturated carbocycles. The normalized spacial score (nSPS) is 28.8. The lowest BCUT2D eigenvalue weighted by Gasteiger charge is -2.10. The van der Waals surface area contributed by atoms with Crippen molar-refractivity contribution in [2.45, 2.75) is 63.3 Å². The standard InChI is InChI=1S/C16H23N/c17-16-11-15(16)14-9-8-12-6-4-2-1-3-5-7-13(12)10-14/h8-10,15-16H,1-7,11,17H2. The van der Waals surface area contributed by atoms with E-state index in [1.807, 2.05) is 0 Å². The van der Waals surface area contributed by atoms with Gasteiger partial charge in [-0.2, -0.15) is 0 Å². The zero-order valence-corrected chi connectivity index (χ0v) is 10.6. The zero-order valence-electron chi connectivity index (χ0n) is 10.6. The van der Waals surface area contributed by atoms with Crippen LogP contribution in [0.4, 0.5) is 0 Å². The Morgan fingerprint density at radius 3 is 2.24 bits per heavy atom. The summed E-state index contributed by atoms with van der Waals surface area (Å²) in [7, 11) is 0. The van der Waals surface area contributed by atoms with Crippen LogP contribution in [0.25, 0.3) is 0 Å². The molecule has 1 fully saturated rings. The lowest BCUT2D eigenvalue weighted by Crippen LogP contribution is -2.02. The first-order chi connectivity index (χ1) is 8.34. The summed E-state index contributed by atoms with van der Waals surface area (Å²) in [6.45, 7) is 0. The van der Waals surface area contributed by atoms with Crippen molar-refractivity contribution in [1.29, 1.82) is 0 Å². The maximum absolute atomic E-state index is 5.96. The van der Waals surface area contributed by atoms with Gasteiger partial charge in [-0.1, -0.05) is 37.5 Å². The van der Waals surface area contributed by atoms with Gasteiger partial charge in [0.2, 0.25) is 0 Å². The van der Waals surface area contributed by atoms with E-state index >= 15 is 0 Å². The first-order valence-electron chi connectivity index (χ1n) is 7.22. The lowest BCUT2D eigenvalue weighted by atomic mass is 9.95. The first kappa shape index (κ1) is 11.3. The number of nitrogens with two attached hydrogens (primary N) is 1. The third-order valence-electron chi connectivity index (χ3n) is 4.39. The topological polar surface area (TPSA) is 26.0 Å². The van der Waals surface area contributed by atoms with Crippen LogP contribution in [0.1, 0.15) is 61.1 Å². The predicted octanol–water partition coefficient (Wildman–Crippen LogP) is 3.55. The van der Waals surface area contributed by atoms with E-state index < -0.39 is 0 Å². The Morgan fingerprint density at radius 2 is 1.53 bits per heavy atom. The highest BCUT2D eigenvalue weighted by atomic mass is 14.7. The smallest absolute Gasteiger partial charge is 0.0115 e. The molecule has 0 spiro atoms. The first-order valence-corrected chi connectivity index (χ1v) is 7.22. The Labute approximate surface area is 104 Å². The molecule has 0 heterocycles. The van der Waals surface area contributed by atoms with Crippen LogP contribution in [-0.2, 0) is 12.8 Å². The number of hydrogen-bond donors (Lipinski definition) is 1. The summed E-state index contributed by atoms with van der Waals surface area (Å²) in [5.74, 6) is 0.660.